The van der Waals surface area contributed by atoms with E-state index in [4.69, 9.17) is 11.6 Å². The molecule has 0 unspecified atom stereocenters. The zero-order valence-corrected chi connectivity index (χ0v) is 17.6. The lowest BCUT2D eigenvalue weighted by atomic mass is 10.1. The molecule has 2 aliphatic heterocycles. The first-order chi connectivity index (χ1) is 14.2. The maximum atomic E-state index is 13.0. The van der Waals surface area contributed by atoms with Crippen LogP contribution in [0.25, 0.3) is 0 Å². The van der Waals surface area contributed by atoms with Crippen molar-refractivity contribution in [3.05, 3.63) is 28.8 Å². The van der Waals surface area contributed by atoms with Gasteiger partial charge in [-0.15, -0.1) is 0 Å². The summed E-state index contributed by atoms with van der Waals surface area (Å²) in [6.45, 7) is 4.15. The fourth-order valence-corrected chi connectivity index (χ4v) is 3.93. The molecule has 3 rings (SSSR count). The van der Waals surface area contributed by atoms with Gasteiger partial charge in [0.1, 0.15) is 0 Å². The van der Waals surface area contributed by atoms with Gasteiger partial charge in [-0.25, -0.2) is 4.79 Å². The van der Waals surface area contributed by atoms with E-state index in [1.807, 2.05) is 18.2 Å². The molecule has 0 radical (unpaired) electrons. The van der Waals surface area contributed by atoms with Crippen LogP contribution in [0.15, 0.2) is 18.2 Å². The van der Waals surface area contributed by atoms with Crippen molar-refractivity contribution in [2.75, 3.05) is 50.8 Å². The van der Waals surface area contributed by atoms with Gasteiger partial charge in [-0.2, -0.15) is 13.2 Å². The molecule has 2 aliphatic rings. The van der Waals surface area contributed by atoms with Gasteiger partial charge in [0, 0.05) is 62.4 Å². The van der Waals surface area contributed by atoms with Crippen molar-refractivity contribution in [1.82, 2.24) is 9.80 Å². The number of carbonyl (C=O) groups is 1. The van der Waals surface area contributed by atoms with Crippen LogP contribution in [0.5, 0.6) is 0 Å². The number of hydrogen-bond acceptors (Lipinski definition) is 4. The van der Waals surface area contributed by atoms with Crippen molar-refractivity contribution in [2.45, 2.75) is 32.2 Å². The fraction of sp³-hybridized carbons (Fsp3) is 0.650. The number of rotatable bonds is 5. The second-order valence-corrected chi connectivity index (χ2v) is 8.30. The average Bonchev–Trinajstić information content (AvgIpc) is 3.18. The molecule has 0 aliphatic carbocycles. The zero-order chi connectivity index (χ0) is 21.9. The summed E-state index contributed by atoms with van der Waals surface area (Å²) < 4.78 is 55.3. The average molecular weight is 452 g/mol. The van der Waals surface area contributed by atoms with E-state index >= 15 is 0 Å². The Morgan fingerprint density at radius 3 is 2.53 bits per heavy atom. The van der Waals surface area contributed by atoms with Crippen molar-refractivity contribution < 1.29 is 27.1 Å². The predicted molar refractivity (Wildman–Crippen MR) is 107 cm³/mol. The van der Waals surface area contributed by atoms with Crippen molar-refractivity contribution in [2.24, 2.45) is 5.92 Å². The Bertz CT molecular complexity index is 741. The number of ether oxygens (including phenoxy) is 1. The molecule has 2 saturated heterocycles. The highest BCUT2D eigenvalue weighted by Crippen LogP contribution is 2.31. The Kier molecular flexibility index (Phi) is 7.34. The van der Waals surface area contributed by atoms with Crippen LogP contribution in [-0.2, 0) is 11.3 Å². The number of anilines is 1. The molecule has 2 fully saturated rings. The first-order valence-corrected chi connectivity index (χ1v) is 10.4. The summed E-state index contributed by atoms with van der Waals surface area (Å²) in [5.41, 5.74) is 2.04. The number of nitrogens with zero attached hydrogens (tertiary/aromatic N) is 3. The van der Waals surface area contributed by atoms with E-state index in [0.717, 1.165) is 31.1 Å². The Hall–Kier alpha value is -1.74. The maximum absolute atomic E-state index is 13.0. The first kappa shape index (κ1) is 22.9. The molecule has 30 heavy (non-hydrogen) atoms. The number of halogens is 5. The minimum atomic E-state index is -4.57. The first-order valence-electron chi connectivity index (χ1n) is 10.0. The maximum Gasteiger partial charge on any atom is 0.425 e. The van der Waals surface area contributed by atoms with E-state index in [1.165, 1.54) is 4.90 Å². The van der Waals surface area contributed by atoms with Crippen LogP contribution in [0, 0.1) is 5.92 Å². The number of amides is 1. The summed E-state index contributed by atoms with van der Waals surface area (Å²) >= 11 is 6.18. The van der Waals surface area contributed by atoms with Crippen LogP contribution in [-0.4, -0.2) is 74.1 Å². The van der Waals surface area contributed by atoms with Crippen LogP contribution in [0.3, 0.4) is 0 Å². The van der Waals surface area contributed by atoms with E-state index in [9.17, 15) is 22.4 Å². The van der Waals surface area contributed by atoms with E-state index in [1.54, 1.807) is 0 Å². The Morgan fingerprint density at radius 2 is 1.93 bits per heavy atom. The van der Waals surface area contributed by atoms with Crippen LogP contribution in [0.1, 0.15) is 18.9 Å². The summed E-state index contributed by atoms with van der Waals surface area (Å²) in [4.78, 5) is 17.6. The molecule has 5 nitrogen and oxygen atoms in total. The molecule has 0 saturated carbocycles. The molecular formula is C20H26ClF4N3O2. The highest BCUT2D eigenvalue weighted by molar-refractivity contribution is 6.30. The van der Waals surface area contributed by atoms with E-state index < -0.39 is 18.4 Å². The number of hydrogen-bond donors (Lipinski definition) is 0. The van der Waals surface area contributed by atoms with Gasteiger partial charge in [-0.1, -0.05) is 17.7 Å². The monoisotopic (exact) mass is 451 g/mol. The molecule has 1 aromatic carbocycles. The minimum Gasteiger partial charge on any atom is -0.437 e. The highest BCUT2D eigenvalue weighted by Gasteiger charge is 2.40. The molecule has 2 heterocycles. The zero-order valence-electron chi connectivity index (χ0n) is 16.8. The standard InChI is InChI=1S/C20H26ClF4N3O2/c1-14(20(23,24)25)30-19(29)27-8-6-26(7-9-27)13-16-2-3-17(21)10-18(16)28-5-4-15(11-22)12-28/h2-3,10,14-15H,4-9,11-13H2,1H3/t14-,15-/m1/s1. The predicted octanol–water partition coefficient (Wildman–Crippen LogP) is 4.34. The molecule has 2 atom stereocenters. The van der Waals surface area contributed by atoms with Crippen LogP contribution in [0.2, 0.25) is 5.02 Å². The largest absolute Gasteiger partial charge is 0.437 e. The third-order valence-electron chi connectivity index (χ3n) is 5.66. The summed E-state index contributed by atoms with van der Waals surface area (Å²) in [7, 11) is 0. The molecular weight excluding hydrogens is 426 g/mol. The van der Waals surface area contributed by atoms with E-state index in [2.05, 4.69) is 14.5 Å². The van der Waals surface area contributed by atoms with Crippen molar-refractivity contribution >= 4 is 23.4 Å². The second-order valence-electron chi connectivity index (χ2n) is 7.86. The number of benzene rings is 1. The molecule has 10 heteroatoms. The highest BCUT2D eigenvalue weighted by atomic mass is 35.5. The molecule has 1 aromatic rings. The summed E-state index contributed by atoms with van der Waals surface area (Å²) in [6, 6.07) is 5.66. The van der Waals surface area contributed by atoms with E-state index in [0.29, 0.717) is 44.3 Å². The topological polar surface area (TPSA) is 36.0 Å². The Morgan fingerprint density at radius 1 is 1.23 bits per heavy atom. The molecule has 168 valence electrons. The lowest BCUT2D eigenvalue weighted by Crippen LogP contribution is -2.49. The Labute approximate surface area is 178 Å². The fourth-order valence-electron chi connectivity index (χ4n) is 3.76. The molecule has 0 N–H and O–H groups in total. The van der Waals surface area contributed by atoms with Gasteiger partial charge < -0.3 is 14.5 Å². The quantitative estimate of drug-likeness (QED) is 0.624. The summed E-state index contributed by atoms with van der Waals surface area (Å²) in [6.07, 6.45) is -6.84. The third kappa shape index (κ3) is 5.69. The van der Waals surface area contributed by atoms with Crippen molar-refractivity contribution in [3.63, 3.8) is 0 Å². The third-order valence-corrected chi connectivity index (χ3v) is 5.89. The number of alkyl halides is 4. The van der Waals surface area contributed by atoms with Crippen LogP contribution < -0.4 is 4.90 Å². The van der Waals surface area contributed by atoms with Gasteiger partial charge in [0.2, 0.25) is 0 Å². The van der Waals surface area contributed by atoms with Crippen LogP contribution in [0.4, 0.5) is 28.0 Å². The lowest BCUT2D eigenvalue weighted by molar-refractivity contribution is -0.200. The van der Waals surface area contributed by atoms with Gasteiger partial charge in [0.15, 0.2) is 6.10 Å². The van der Waals surface area contributed by atoms with Gasteiger partial charge in [0.05, 0.1) is 6.67 Å². The van der Waals surface area contributed by atoms with Gasteiger partial charge in [0.25, 0.3) is 0 Å². The lowest BCUT2D eigenvalue weighted by Gasteiger charge is -2.35. The summed E-state index contributed by atoms with van der Waals surface area (Å²) in [5.74, 6) is 0.0329. The second kappa shape index (κ2) is 9.60. The molecule has 1 amide bonds. The number of carbonyl (C=O) groups excluding carboxylic acids is 1. The van der Waals surface area contributed by atoms with Crippen molar-refractivity contribution in [1.29, 1.82) is 0 Å². The molecule has 0 spiro atoms. The van der Waals surface area contributed by atoms with Crippen LogP contribution >= 0.6 is 11.6 Å². The summed E-state index contributed by atoms with van der Waals surface area (Å²) in [5, 5.41) is 0.615. The van der Waals surface area contributed by atoms with Gasteiger partial charge in [-0.05, 0) is 31.0 Å². The smallest absolute Gasteiger partial charge is 0.425 e. The minimum absolute atomic E-state index is 0.0329. The van der Waals surface area contributed by atoms with Crippen molar-refractivity contribution in [3.8, 4) is 0 Å². The van der Waals surface area contributed by atoms with Gasteiger partial charge in [-0.3, -0.25) is 9.29 Å². The van der Waals surface area contributed by atoms with E-state index in [-0.39, 0.29) is 12.6 Å². The molecule has 0 bridgehead atoms. The molecule has 0 aromatic heterocycles. The Balaban J connectivity index is 1.57. The normalized spacial score (nSPS) is 21.7. The SMILES string of the molecule is C[C@@H](OC(=O)N1CCN(Cc2ccc(Cl)cc2N2CC[C@H](CF)C2)CC1)C(F)(F)F. The number of piperazine rings is 1. The van der Waals surface area contributed by atoms with Gasteiger partial charge >= 0.3 is 12.3 Å².